The summed E-state index contributed by atoms with van der Waals surface area (Å²) in [5, 5.41) is 5.07. The normalized spacial score (nSPS) is 10.5. The van der Waals surface area contributed by atoms with Crippen molar-refractivity contribution in [2.24, 2.45) is 0 Å². The van der Waals surface area contributed by atoms with Gasteiger partial charge in [0.05, 0.1) is 12.2 Å². The molecule has 0 saturated heterocycles. The van der Waals surface area contributed by atoms with Gasteiger partial charge in [-0.1, -0.05) is 48.5 Å². The summed E-state index contributed by atoms with van der Waals surface area (Å²) in [6.07, 6.45) is 0. The summed E-state index contributed by atoms with van der Waals surface area (Å²) in [4.78, 5) is 12.7. The molecular weight excluding hydrogens is 302 g/mol. The smallest absolute Gasteiger partial charge is 0.259 e. The standard InChI is InChI=1S/C20H19NO3/c1-23-13-14-24-19-12-5-4-10-17(19)20(22)21-18-11-6-8-15-7-2-3-9-16(15)18/h2-12H,13-14H2,1H3,(H,21,22). The van der Waals surface area contributed by atoms with E-state index in [-0.39, 0.29) is 5.91 Å². The van der Waals surface area contributed by atoms with E-state index in [2.05, 4.69) is 5.32 Å². The number of benzene rings is 3. The number of nitrogens with one attached hydrogen (secondary N) is 1. The Labute approximate surface area is 141 Å². The van der Waals surface area contributed by atoms with Gasteiger partial charge >= 0.3 is 0 Å². The molecule has 0 bridgehead atoms. The monoisotopic (exact) mass is 321 g/mol. The summed E-state index contributed by atoms with van der Waals surface area (Å²) in [5.74, 6) is 0.353. The van der Waals surface area contributed by atoms with Crippen molar-refractivity contribution in [1.82, 2.24) is 0 Å². The van der Waals surface area contributed by atoms with Gasteiger partial charge in [-0.05, 0) is 23.6 Å². The van der Waals surface area contributed by atoms with Crippen LogP contribution in [0.5, 0.6) is 5.75 Å². The number of hydrogen-bond donors (Lipinski definition) is 1. The van der Waals surface area contributed by atoms with E-state index in [9.17, 15) is 4.79 Å². The second kappa shape index (κ2) is 7.62. The van der Waals surface area contributed by atoms with Crippen LogP contribution in [0.3, 0.4) is 0 Å². The molecule has 3 aromatic rings. The second-order valence-corrected chi connectivity index (χ2v) is 5.32. The van der Waals surface area contributed by atoms with Gasteiger partial charge in [0.2, 0.25) is 0 Å². The summed E-state index contributed by atoms with van der Waals surface area (Å²) < 4.78 is 10.6. The Morgan fingerprint density at radius 1 is 0.917 bits per heavy atom. The van der Waals surface area contributed by atoms with Crippen molar-refractivity contribution < 1.29 is 14.3 Å². The van der Waals surface area contributed by atoms with Crippen LogP contribution < -0.4 is 10.1 Å². The topological polar surface area (TPSA) is 47.6 Å². The third-order valence-electron chi connectivity index (χ3n) is 3.71. The van der Waals surface area contributed by atoms with Crippen LogP contribution in [0, 0.1) is 0 Å². The van der Waals surface area contributed by atoms with Gasteiger partial charge in [0.1, 0.15) is 12.4 Å². The molecule has 4 heteroatoms. The highest BCUT2D eigenvalue weighted by Crippen LogP contribution is 2.25. The molecule has 0 aliphatic carbocycles. The van der Waals surface area contributed by atoms with Crippen molar-refractivity contribution in [3.05, 3.63) is 72.3 Å². The largest absolute Gasteiger partial charge is 0.490 e. The molecule has 24 heavy (non-hydrogen) atoms. The van der Waals surface area contributed by atoms with Crippen molar-refractivity contribution in [3.63, 3.8) is 0 Å². The first-order chi connectivity index (χ1) is 11.8. The van der Waals surface area contributed by atoms with Gasteiger partial charge in [0.15, 0.2) is 0 Å². The van der Waals surface area contributed by atoms with Crippen LogP contribution in [0.25, 0.3) is 10.8 Å². The van der Waals surface area contributed by atoms with Crippen molar-refractivity contribution in [1.29, 1.82) is 0 Å². The zero-order valence-corrected chi connectivity index (χ0v) is 13.5. The second-order valence-electron chi connectivity index (χ2n) is 5.32. The van der Waals surface area contributed by atoms with Gasteiger partial charge in [0.25, 0.3) is 5.91 Å². The third-order valence-corrected chi connectivity index (χ3v) is 3.71. The maximum Gasteiger partial charge on any atom is 0.259 e. The lowest BCUT2D eigenvalue weighted by atomic mass is 10.1. The Kier molecular flexibility index (Phi) is 5.08. The summed E-state index contributed by atoms with van der Waals surface area (Å²) in [6.45, 7) is 0.869. The Morgan fingerprint density at radius 2 is 1.67 bits per heavy atom. The molecule has 0 radical (unpaired) electrons. The molecule has 0 heterocycles. The predicted molar refractivity (Wildman–Crippen MR) is 95.7 cm³/mol. The lowest BCUT2D eigenvalue weighted by Crippen LogP contribution is -2.15. The molecule has 3 rings (SSSR count). The SMILES string of the molecule is COCCOc1ccccc1C(=O)Nc1cccc2ccccc12. The van der Waals surface area contributed by atoms with Crippen molar-refractivity contribution in [3.8, 4) is 5.75 Å². The Hall–Kier alpha value is -2.85. The van der Waals surface area contributed by atoms with Crippen LogP contribution in [-0.4, -0.2) is 26.2 Å². The number of fused-ring (bicyclic) bond motifs is 1. The molecular formula is C20H19NO3. The van der Waals surface area contributed by atoms with Crippen molar-refractivity contribution in [2.75, 3.05) is 25.6 Å². The fourth-order valence-electron chi connectivity index (χ4n) is 2.54. The van der Waals surface area contributed by atoms with E-state index in [4.69, 9.17) is 9.47 Å². The van der Waals surface area contributed by atoms with Crippen LogP contribution in [0.1, 0.15) is 10.4 Å². The minimum Gasteiger partial charge on any atom is -0.490 e. The van der Waals surface area contributed by atoms with Gasteiger partial charge in [-0.2, -0.15) is 0 Å². The van der Waals surface area contributed by atoms with Crippen molar-refractivity contribution >= 4 is 22.4 Å². The minimum absolute atomic E-state index is 0.195. The Balaban J connectivity index is 1.84. The first-order valence-corrected chi connectivity index (χ1v) is 7.79. The number of carbonyl (C=O) groups is 1. The van der Waals surface area contributed by atoms with Gasteiger partial charge in [-0.3, -0.25) is 4.79 Å². The van der Waals surface area contributed by atoms with Gasteiger partial charge in [-0.25, -0.2) is 0 Å². The van der Waals surface area contributed by atoms with E-state index < -0.39 is 0 Å². The predicted octanol–water partition coefficient (Wildman–Crippen LogP) is 4.12. The number of carbonyl (C=O) groups excluding carboxylic acids is 1. The quantitative estimate of drug-likeness (QED) is 0.695. The summed E-state index contributed by atoms with van der Waals surface area (Å²) >= 11 is 0. The molecule has 1 N–H and O–H groups in total. The maximum atomic E-state index is 12.7. The first-order valence-electron chi connectivity index (χ1n) is 7.79. The van der Waals surface area contributed by atoms with Crippen LogP contribution in [0.2, 0.25) is 0 Å². The molecule has 3 aromatic carbocycles. The molecule has 0 aliphatic rings. The maximum absolute atomic E-state index is 12.7. The fraction of sp³-hybridized carbons (Fsp3) is 0.150. The van der Waals surface area contributed by atoms with Crippen LogP contribution in [-0.2, 0) is 4.74 Å². The zero-order valence-electron chi connectivity index (χ0n) is 13.5. The number of hydrogen-bond acceptors (Lipinski definition) is 3. The number of amides is 1. The average Bonchev–Trinajstić information content (AvgIpc) is 2.62. The number of ether oxygens (including phenoxy) is 2. The number of methoxy groups -OCH3 is 1. The summed E-state index contributed by atoms with van der Waals surface area (Å²) in [7, 11) is 1.61. The van der Waals surface area contributed by atoms with Crippen molar-refractivity contribution in [2.45, 2.75) is 0 Å². The molecule has 0 aromatic heterocycles. The fourth-order valence-corrected chi connectivity index (χ4v) is 2.54. The van der Waals surface area contributed by atoms with Gasteiger partial charge in [-0.15, -0.1) is 0 Å². The third kappa shape index (κ3) is 3.55. The lowest BCUT2D eigenvalue weighted by Gasteiger charge is -2.12. The molecule has 0 atom stereocenters. The Bertz CT molecular complexity index is 840. The van der Waals surface area contributed by atoms with Crippen LogP contribution in [0.15, 0.2) is 66.7 Å². The zero-order chi connectivity index (χ0) is 16.8. The molecule has 0 fully saturated rings. The molecule has 4 nitrogen and oxygen atoms in total. The van der Waals surface area contributed by atoms with Gasteiger partial charge in [0, 0.05) is 18.2 Å². The minimum atomic E-state index is -0.195. The molecule has 0 unspecified atom stereocenters. The molecule has 1 amide bonds. The van der Waals surface area contributed by atoms with E-state index in [0.717, 1.165) is 16.5 Å². The number of rotatable bonds is 6. The average molecular weight is 321 g/mol. The van der Waals surface area contributed by atoms with E-state index in [1.54, 1.807) is 19.2 Å². The number of para-hydroxylation sites is 1. The first kappa shape index (κ1) is 16.0. The highest BCUT2D eigenvalue weighted by molar-refractivity contribution is 6.10. The highest BCUT2D eigenvalue weighted by atomic mass is 16.5. The molecule has 122 valence electrons. The Morgan fingerprint density at radius 3 is 2.54 bits per heavy atom. The summed E-state index contributed by atoms with van der Waals surface area (Å²) in [6, 6.07) is 21.0. The van der Waals surface area contributed by atoms with Gasteiger partial charge < -0.3 is 14.8 Å². The van der Waals surface area contributed by atoms with E-state index in [1.165, 1.54) is 0 Å². The number of anilines is 1. The van der Waals surface area contributed by atoms with E-state index in [1.807, 2.05) is 54.6 Å². The van der Waals surface area contributed by atoms with E-state index >= 15 is 0 Å². The molecule has 0 saturated carbocycles. The summed E-state index contributed by atoms with van der Waals surface area (Å²) in [5.41, 5.74) is 1.28. The van der Waals surface area contributed by atoms with Crippen LogP contribution in [0.4, 0.5) is 5.69 Å². The lowest BCUT2D eigenvalue weighted by molar-refractivity contribution is 0.101. The van der Waals surface area contributed by atoms with Crippen LogP contribution >= 0.6 is 0 Å². The highest BCUT2D eigenvalue weighted by Gasteiger charge is 2.13. The molecule has 0 spiro atoms. The molecule has 0 aliphatic heterocycles. The van der Waals surface area contributed by atoms with E-state index in [0.29, 0.717) is 24.5 Å².